The molecule has 4 rings (SSSR count). The summed E-state index contributed by atoms with van der Waals surface area (Å²) in [6.45, 7) is 5.05. The van der Waals surface area contributed by atoms with Crippen molar-refractivity contribution in [1.29, 1.82) is 0 Å². The van der Waals surface area contributed by atoms with E-state index >= 15 is 0 Å². The van der Waals surface area contributed by atoms with Crippen LogP contribution in [0.3, 0.4) is 0 Å². The Kier molecular flexibility index (Phi) is 6.50. The van der Waals surface area contributed by atoms with Gasteiger partial charge >= 0.3 is 0 Å². The van der Waals surface area contributed by atoms with E-state index in [1.807, 2.05) is 25.3 Å². The minimum Gasteiger partial charge on any atom is -0.378 e. The highest BCUT2D eigenvalue weighted by Gasteiger charge is 2.19. The van der Waals surface area contributed by atoms with Gasteiger partial charge in [0.2, 0.25) is 5.95 Å². The van der Waals surface area contributed by atoms with E-state index in [1.54, 1.807) is 24.4 Å². The predicted octanol–water partition coefficient (Wildman–Crippen LogP) is 2.70. The number of nitrogens with one attached hydrogen (secondary N) is 2. The van der Waals surface area contributed by atoms with Gasteiger partial charge in [-0.2, -0.15) is 0 Å². The number of carbonyl (C=O) groups excluding carboxylic acids is 1. The molecule has 1 saturated heterocycles. The van der Waals surface area contributed by atoms with E-state index in [9.17, 15) is 4.79 Å². The lowest BCUT2D eigenvalue weighted by Crippen LogP contribution is -2.37. The van der Waals surface area contributed by atoms with Crippen molar-refractivity contribution >= 4 is 23.5 Å². The lowest BCUT2D eigenvalue weighted by Gasteiger charge is -2.27. The second-order valence-corrected chi connectivity index (χ2v) is 7.86. The van der Waals surface area contributed by atoms with Gasteiger partial charge in [-0.15, -0.1) is 0 Å². The fourth-order valence-corrected chi connectivity index (χ4v) is 3.74. The molecule has 1 aromatic carbocycles. The van der Waals surface area contributed by atoms with Crippen LogP contribution in [0.4, 0.5) is 5.95 Å². The monoisotopic (exact) mass is 440 g/mol. The van der Waals surface area contributed by atoms with Crippen molar-refractivity contribution in [2.45, 2.75) is 13.0 Å². The lowest BCUT2D eigenvalue weighted by molar-refractivity contribution is 0.0933. The summed E-state index contributed by atoms with van der Waals surface area (Å²) >= 11 is 6.07. The minimum atomic E-state index is -0.341. The number of hydrogen-bond donors (Lipinski definition) is 3. The number of ether oxygens (including phenoxy) is 1. The Labute approximate surface area is 185 Å². The molecule has 8 nitrogen and oxygen atoms in total. The third-order valence-corrected chi connectivity index (χ3v) is 5.48. The average molecular weight is 441 g/mol. The van der Waals surface area contributed by atoms with Crippen molar-refractivity contribution in [3.05, 3.63) is 64.6 Å². The van der Waals surface area contributed by atoms with Gasteiger partial charge in [-0.05, 0) is 36.2 Å². The summed E-state index contributed by atoms with van der Waals surface area (Å²) in [6, 6.07) is 8.76. The van der Waals surface area contributed by atoms with E-state index in [2.05, 4.69) is 20.2 Å². The zero-order valence-corrected chi connectivity index (χ0v) is 18.0. The van der Waals surface area contributed by atoms with Crippen molar-refractivity contribution in [2.75, 3.05) is 37.7 Å². The van der Waals surface area contributed by atoms with Gasteiger partial charge in [0.05, 0.1) is 24.9 Å². The standard InChI is InChI=1S/C22H25ClN6O2/c1-14-12-26-22(29-5-7-31-8-6-29)28-20(14)16-10-18(25-13-16)21(30)27-19(11-24)15-3-2-4-17(23)9-15/h2-4,9-10,12-13,19,25H,5-8,11,24H2,1H3,(H,27,30). The fourth-order valence-electron chi connectivity index (χ4n) is 3.54. The van der Waals surface area contributed by atoms with Crippen LogP contribution in [0, 0.1) is 6.92 Å². The first kappa shape index (κ1) is 21.3. The van der Waals surface area contributed by atoms with Crippen LogP contribution in [0.1, 0.15) is 27.7 Å². The van der Waals surface area contributed by atoms with Crippen LogP contribution in [-0.2, 0) is 4.74 Å². The predicted molar refractivity (Wildman–Crippen MR) is 120 cm³/mol. The normalized spacial score (nSPS) is 15.0. The second-order valence-electron chi connectivity index (χ2n) is 7.42. The topological polar surface area (TPSA) is 109 Å². The number of aromatic amines is 1. The summed E-state index contributed by atoms with van der Waals surface area (Å²) in [4.78, 5) is 27.2. The van der Waals surface area contributed by atoms with Crippen molar-refractivity contribution in [1.82, 2.24) is 20.3 Å². The van der Waals surface area contributed by atoms with E-state index in [-0.39, 0.29) is 18.5 Å². The summed E-state index contributed by atoms with van der Waals surface area (Å²) in [5.74, 6) is 0.419. The van der Waals surface area contributed by atoms with E-state index in [4.69, 9.17) is 27.1 Å². The van der Waals surface area contributed by atoms with Gasteiger partial charge in [-0.1, -0.05) is 23.7 Å². The van der Waals surface area contributed by atoms with Crippen molar-refractivity contribution in [2.24, 2.45) is 5.73 Å². The van der Waals surface area contributed by atoms with Crippen LogP contribution in [-0.4, -0.2) is 53.7 Å². The summed E-state index contributed by atoms with van der Waals surface area (Å²) in [7, 11) is 0. The van der Waals surface area contributed by atoms with Crippen molar-refractivity contribution < 1.29 is 9.53 Å². The third kappa shape index (κ3) is 4.87. The highest BCUT2D eigenvalue weighted by atomic mass is 35.5. The average Bonchev–Trinajstić information content (AvgIpc) is 3.28. The molecule has 1 aliphatic rings. The number of nitrogens with two attached hydrogens (primary N) is 1. The maximum absolute atomic E-state index is 12.8. The van der Waals surface area contributed by atoms with E-state index in [1.165, 1.54) is 0 Å². The molecule has 1 aliphatic heterocycles. The Balaban J connectivity index is 1.53. The largest absolute Gasteiger partial charge is 0.378 e. The molecule has 9 heteroatoms. The minimum absolute atomic E-state index is 0.248. The number of aromatic nitrogens is 3. The molecule has 0 bridgehead atoms. The second kappa shape index (κ2) is 9.47. The maximum atomic E-state index is 12.8. The first-order valence-electron chi connectivity index (χ1n) is 10.2. The summed E-state index contributed by atoms with van der Waals surface area (Å²) in [6.07, 6.45) is 3.59. The molecule has 162 valence electrons. The molecule has 1 unspecified atom stereocenters. The fraction of sp³-hybridized carbons (Fsp3) is 0.318. The lowest BCUT2D eigenvalue weighted by atomic mass is 10.1. The third-order valence-electron chi connectivity index (χ3n) is 5.25. The van der Waals surface area contributed by atoms with Gasteiger partial charge < -0.3 is 25.7 Å². The quantitative estimate of drug-likeness (QED) is 0.543. The van der Waals surface area contributed by atoms with Crippen LogP contribution in [0.25, 0.3) is 11.3 Å². The Morgan fingerprint density at radius 1 is 1.35 bits per heavy atom. The smallest absolute Gasteiger partial charge is 0.268 e. The number of nitrogens with zero attached hydrogens (tertiary/aromatic N) is 3. The van der Waals surface area contributed by atoms with Gasteiger partial charge in [-0.25, -0.2) is 9.97 Å². The van der Waals surface area contributed by atoms with Crippen LogP contribution >= 0.6 is 11.6 Å². The first-order valence-corrected chi connectivity index (χ1v) is 10.5. The molecule has 4 N–H and O–H groups in total. The SMILES string of the molecule is Cc1cnc(N2CCOCC2)nc1-c1c[nH]c(C(=O)NC(CN)c2cccc(Cl)c2)c1. The number of H-pyrrole nitrogens is 1. The molecule has 3 aromatic rings. The number of benzene rings is 1. The number of halogens is 1. The van der Waals surface area contributed by atoms with Gasteiger partial charge in [0.15, 0.2) is 0 Å². The van der Waals surface area contributed by atoms with E-state index < -0.39 is 0 Å². The molecular weight excluding hydrogens is 416 g/mol. The Morgan fingerprint density at radius 2 is 2.16 bits per heavy atom. The summed E-state index contributed by atoms with van der Waals surface area (Å²) in [5, 5.41) is 3.56. The van der Waals surface area contributed by atoms with E-state index in [0.717, 1.165) is 35.5 Å². The van der Waals surface area contributed by atoms with Crippen LogP contribution in [0.5, 0.6) is 0 Å². The Morgan fingerprint density at radius 3 is 2.90 bits per heavy atom. The molecular formula is C22H25ClN6O2. The molecule has 0 saturated carbocycles. The van der Waals surface area contributed by atoms with Crippen LogP contribution < -0.4 is 16.0 Å². The van der Waals surface area contributed by atoms with Gasteiger partial charge in [0.1, 0.15) is 5.69 Å². The number of hydrogen-bond acceptors (Lipinski definition) is 6. The highest BCUT2D eigenvalue weighted by Crippen LogP contribution is 2.25. The molecule has 3 heterocycles. The molecule has 0 radical (unpaired) electrons. The molecule has 0 spiro atoms. The Bertz CT molecular complexity index is 1060. The van der Waals surface area contributed by atoms with Gasteiger partial charge in [0.25, 0.3) is 5.91 Å². The van der Waals surface area contributed by atoms with Gasteiger partial charge in [0, 0.05) is 42.6 Å². The van der Waals surface area contributed by atoms with Crippen LogP contribution in [0.2, 0.25) is 5.02 Å². The number of amides is 1. The molecule has 2 aromatic heterocycles. The van der Waals surface area contributed by atoms with Gasteiger partial charge in [-0.3, -0.25) is 4.79 Å². The number of anilines is 1. The molecule has 1 fully saturated rings. The molecule has 31 heavy (non-hydrogen) atoms. The van der Waals surface area contributed by atoms with Crippen molar-refractivity contribution in [3.63, 3.8) is 0 Å². The summed E-state index contributed by atoms with van der Waals surface area (Å²) in [5.41, 5.74) is 9.72. The molecule has 1 atom stereocenters. The Hall–Kier alpha value is -2.94. The highest BCUT2D eigenvalue weighted by molar-refractivity contribution is 6.30. The van der Waals surface area contributed by atoms with Crippen LogP contribution in [0.15, 0.2) is 42.7 Å². The molecule has 1 amide bonds. The van der Waals surface area contributed by atoms with Crippen molar-refractivity contribution in [3.8, 4) is 11.3 Å². The van der Waals surface area contributed by atoms with E-state index in [0.29, 0.717) is 29.9 Å². The number of carbonyl (C=O) groups is 1. The molecule has 0 aliphatic carbocycles. The number of rotatable bonds is 6. The zero-order valence-electron chi connectivity index (χ0n) is 17.3. The maximum Gasteiger partial charge on any atom is 0.268 e. The summed E-state index contributed by atoms with van der Waals surface area (Å²) < 4.78 is 5.41. The first-order chi connectivity index (χ1) is 15.0. The number of morpholine rings is 1. The number of aryl methyl sites for hydroxylation is 1. The zero-order chi connectivity index (χ0) is 21.8.